The van der Waals surface area contributed by atoms with Crippen molar-refractivity contribution in [2.45, 2.75) is 11.9 Å². The van der Waals surface area contributed by atoms with Crippen molar-refractivity contribution < 1.29 is 4.79 Å². The van der Waals surface area contributed by atoms with Crippen molar-refractivity contribution in [3.05, 3.63) is 48.2 Å². The summed E-state index contributed by atoms with van der Waals surface area (Å²) in [5.41, 5.74) is 2.07. The van der Waals surface area contributed by atoms with E-state index in [-0.39, 0.29) is 5.91 Å². The molecule has 6 heteroatoms. The van der Waals surface area contributed by atoms with Crippen LogP contribution in [-0.2, 0) is 4.79 Å². The number of rotatable bonds is 4. The van der Waals surface area contributed by atoms with Gasteiger partial charge >= 0.3 is 0 Å². The number of benzene rings is 1. The molecule has 0 saturated carbocycles. The minimum atomic E-state index is -0.0673. The second-order valence-electron chi connectivity index (χ2n) is 4.45. The number of fused-ring (bicyclic) bond motifs is 1. The number of thiazole rings is 1. The molecule has 0 saturated heterocycles. The van der Waals surface area contributed by atoms with Crippen LogP contribution in [-0.4, -0.2) is 21.6 Å². The molecule has 1 N–H and O–H groups in total. The fraction of sp³-hybridized carbons (Fsp3) is 0.133. The summed E-state index contributed by atoms with van der Waals surface area (Å²) in [7, 11) is 0. The van der Waals surface area contributed by atoms with Crippen molar-refractivity contribution in [2.75, 3.05) is 11.1 Å². The number of aryl methyl sites for hydroxylation is 1. The molecule has 106 valence electrons. The van der Waals surface area contributed by atoms with E-state index in [2.05, 4.69) is 15.3 Å². The average Bonchev–Trinajstić information content (AvgIpc) is 2.90. The molecule has 3 rings (SSSR count). The van der Waals surface area contributed by atoms with Crippen LogP contribution in [0.1, 0.15) is 5.56 Å². The Morgan fingerprint density at radius 3 is 2.95 bits per heavy atom. The minimum absolute atomic E-state index is 0.0673. The number of nitrogens with one attached hydrogen (secondary N) is 1. The lowest BCUT2D eigenvalue weighted by molar-refractivity contribution is -0.113. The summed E-state index contributed by atoms with van der Waals surface area (Å²) in [5, 5.41) is 4.33. The SMILES string of the molecule is Cc1cccc2sc(NC(=O)CSc3ccccn3)nc12. The number of pyridine rings is 1. The smallest absolute Gasteiger partial charge is 0.236 e. The van der Waals surface area contributed by atoms with Gasteiger partial charge in [-0.25, -0.2) is 9.97 Å². The van der Waals surface area contributed by atoms with E-state index in [4.69, 9.17) is 0 Å². The Balaban J connectivity index is 1.65. The van der Waals surface area contributed by atoms with E-state index >= 15 is 0 Å². The highest BCUT2D eigenvalue weighted by Crippen LogP contribution is 2.28. The number of hydrogen-bond acceptors (Lipinski definition) is 5. The first-order valence-corrected chi connectivity index (χ1v) is 8.22. The first-order chi connectivity index (χ1) is 10.2. The molecule has 0 aliphatic carbocycles. The van der Waals surface area contributed by atoms with Crippen molar-refractivity contribution in [3.63, 3.8) is 0 Å². The normalized spacial score (nSPS) is 10.7. The molecule has 0 bridgehead atoms. The Morgan fingerprint density at radius 2 is 2.19 bits per heavy atom. The second-order valence-corrected chi connectivity index (χ2v) is 6.47. The molecule has 0 unspecified atom stereocenters. The third-order valence-corrected chi connectivity index (χ3v) is 4.74. The van der Waals surface area contributed by atoms with Crippen LogP contribution in [0.25, 0.3) is 10.2 Å². The Morgan fingerprint density at radius 1 is 1.29 bits per heavy atom. The number of carbonyl (C=O) groups excluding carboxylic acids is 1. The standard InChI is InChI=1S/C15H13N3OS2/c1-10-5-4-6-11-14(10)18-15(21-11)17-12(19)9-20-13-7-2-3-8-16-13/h2-8H,9H2,1H3,(H,17,18,19). The topological polar surface area (TPSA) is 54.9 Å². The van der Waals surface area contributed by atoms with Gasteiger partial charge in [0, 0.05) is 6.20 Å². The van der Waals surface area contributed by atoms with Gasteiger partial charge in [0.1, 0.15) is 0 Å². The number of anilines is 1. The van der Waals surface area contributed by atoms with Crippen LogP contribution in [0, 0.1) is 6.92 Å². The van der Waals surface area contributed by atoms with E-state index in [1.54, 1.807) is 6.20 Å². The maximum Gasteiger partial charge on any atom is 0.236 e. The maximum absolute atomic E-state index is 12.0. The highest BCUT2D eigenvalue weighted by molar-refractivity contribution is 7.99. The lowest BCUT2D eigenvalue weighted by atomic mass is 10.2. The predicted octanol–water partition coefficient (Wildman–Crippen LogP) is 3.73. The second kappa shape index (κ2) is 6.24. The van der Waals surface area contributed by atoms with Crippen molar-refractivity contribution in [1.29, 1.82) is 0 Å². The van der Waals surface area contributed by atoms with Gasteiger partial charge in [0.05, 0.1) is 21.0 Å². The van der Waals surface area contributed by atoms with E-state index in [1.165, 1.54) is 23.1 Å². The van der Waals surface area contributed by atoms with Gasteiger partial charge in [-0.2, -0.15) is 0 Å². The zero-order valence-electron chi connectivity index (χ0n) is 11.4. The highest BCUT2D eigenvalue weighted by atomic mass is 32.2. The third-order valence-electron chi connectivity index (χ3n) is 2.86. The molecule has 0 aliphatic rings. The summed E-state index contributed by atoms with van der Waals surface area (Å²) in [4.78, 5) is 20.6. The first-order valence-electron chi connectivity index (χ1n) is 6.42. The van der Waals surface area contributed by atoms with Gasteiger partial charge < -0.3 is 5.32 Å². The number of para-hydroxylation sites is 1. The molecule has 0 radical (unpaired) electrons. The largest absolute Gasteiger partial charge is 0.301 e. The maximum atomic E-state index is 12.0. The highest BCUT2D eigenvalue weighted by Gasteiger charge is 2.09. The summed E-state index contributed by atoms with van der Waals surface area (Å²) in [5.74, 6) is 0.258. The molecular formula is C15H13N3OS2. The molecule has 4 nitrogen and oxygen atoms in total. The summed E-state index contributed by atoms with van der Waals surface area (Å²) >= 11 is 2.91. The monoisotopic (exact) mass is 315 g/mol. The Kier molecular flexibility index (Phi) is 4.17. The van der Waals surface area contributed by atoms with Crippen LogP contribution in [0.3, 0.4) is 0 Å². The van der Waals surface area contributed by atoms with Crippen molar-refractivity contribution in [3.8, 4) is 0 Å². The molecule has 3 aromatic rings. The molecule has 2 aromatic heterocycles. The summed E-state index contributed by atoms with van der Waals surface area (Å²) in [6.45, 7) is 2.02. The van der Waals surface area contributed by atoms with Gasteiger partial charge in [0.15, 0.2) is 5.13 Å². The molecule has 1 aromatic carbocycles. The van der Waals surface area contributed by atoms with Gasteiger partial charge in [-0.15, -0.1) is 0 Å². The Labute approximate surface area is 130 Å². The van der Waals surface area contributed by atoms with E-state index in [1.807, 2.05) is 43.3 Å². The number of hydrogen-bond donors (Lipinski definition) is 1. The predicted molar refractivity (Wildman–Crippen MR) is 87.9 cm³/mol. The number of carbonyl (C=O) groups is 1. The quantitative estimate of drug-likeness (QED) is 0.745. The minimum Gasteiger partial charge on any atom is -0.301 e. The lowest BCUT2D eigenvalue weighted by Crippen LogP contribution is -2.13. The fourth-order valence-electron chi connectivity index (χ4n) is 1.87. The van der Waals surface area contributed by atoms with Crippen molar-refractivity contribution >= 4 is 44.4 Å². The molecule has 0 fully saturated rings. The van der Waals surface area contributed by atoms with E-state index in [0.717, 1.165) is 20.8 Å². The van der Waals surface area contributed by atoms with Gasteiger partial charge in [-0.1, -0.05) is 41.3 Å². The van der Waals surface area contributed by atoms with E-state index in [0.29, 0.717) is 10.9 Å². The van der Waals surface area contributed by atoms with Gasteiger partial charge in [-0.3, -0.25) is 4.79 Å². The number of amides is 1. The van der Waals surface area contributed by atoms with Crippen molar-refractivity contribution in [2.24, 2.45) is 0 Å². The fourth-order valence-corrected chi connectivity index (χ4v) is 3.49. The van der Waals surface area contributed by atoms with E-state index in [9.17, 15) is 4.79 Å². The lowest BCUT2D eigenvalue weighted by Gasteiger charge is -2.00. The van der Waals surface area contributed by atoms with Crippen LogP contribution in [0.2, 0.25) is 0 Å². The van der Waals surface area contributed by atoms with Gasteiger partial charge in [-0.05, 0) is 30.7 Å². The molecule has 21 heavy (non-hydrogen) atoms. The van der Waals surface area contributed by atoms with Crippen LogP contribution < -0.4 is 5.32 Å². The summed E-state index contributed by atoms with van der Waals surface area (Å²) in [6, 6.07) is 11.7. The number of nitrogens with zero attached hydrogens (tertiary/aromatic N) is 2. The molecular weight excluding hydrogens is 302 g/mol. The Bertz CT molecular complexity index is 771. The summed E-state index contributed by atoms with van der Waals surface area (Å²) < 4.78 is 1.09. The Hall–Kier alpha value is -1.92. The summed E-state index contributed by atoms with van der Waals surface area (Å²) in [6.07, 6.45) is 1.72. The zero-order chi connectivity index (χ0) is 14.7. The van der Waals surface area contributed by atoms with E-state index < -0.39 is 0 Å². The molecule has 0 spiro atoms. The van der Waals surface area contributed by atoms with Crippen molar-refractivity contribution in [1.82, 2.24) is 9.97 Å². The molecule has 2 heterocycles. The van der Waals surface area contributed by atoms with Crippen LogP contribution >= 0.6 is 23.1 Å². The third kappa shape index (κ3) is 3.40. The van der Waals surface area contributed by atoms with Gasteiger partial charge in [0.2, 0.25) is 5.91 Å². The molecule has 0 aliphatic heterocycles. The zero-order valence-corrected chi connectivity index (χ0v) is 13.0. The average molecular weight is 315 g/mol. The first kappa shape index (κ1) is 14.0. The number of aromatic nitrogens is 2. The molecule has 0 atom stereocenters. The number of thioether (sulfide) groups is 1. The van der Waals surface area contributed by atoms with Gasteiger partial charge in [0.25, 0.3) is 0 Å². The van der Waals surface area contributed by atoms with Crippen LogP contribution in [0.5, 0.6) is 0 Å². The van der Waals surface area contributed by atoms with Crippen LogP contribution in [0.4, 0.5) is 5.13 Å². The van der Waals surface area contributed by atoms with Crippen LogP contribution in [0.15, 0.2) is 47.6 Å². The molecule has 1 amide bonds.